The zero-order chi connectivity index (χ0) is 28.0. The second kappa shape index (κ2) is 8.84. The number of hydrogen-bond acceptors (Lipinski definition) is 2. The highest BCUT2D eigenvalue weighted by Crippen LogP contribution is 2.52. The van der Waals surface area contributed by atoms with Crippen LogP contribution in [0.25, 0.3) is 28.1 Å². The molecule has 0 amide bonds. The molecule has 0 saturated heterocycles. The molecule has 204 valence electrons. The summed E-state index contributed by atoms with van der Waals surface area (Å²) < 4.78 is 47.3. The number of pyridine rings is 1. The lowest BCUT2D eigenvalue weighted by molar-refractivity contribution is -0.573. The predicted octanol–water partition coefficient (Wildman–Crippen LogP) is 7.26. The number of nitrogens with zero attached hydrogens (tertiary/aromatic N) is 3. The molecule has 6 heteroatoms. The van der Waals surface area contributed by atoms with Crippen molar-refractivity contribution < 1.29 is 17.7 Å². The molecule has 5 heterocycles. The lowest BCUT2D eigenvalue weighted by Crippen LogP contribution is -2.53. The predicted molar refractivity (Wildman–Crippen MR) is 153 cm³/mol. The second-order valence-corrected chi connectivity index (χ2v) is 11.6. The van der Waals surface area contributed by atoms with Crippen LogP contribution in [0, 0.1) is 24.4 Å². The summed E-state index contributed by atoms with van der Waals surface area (Å²) in [5.41, 5.74) is 8.74. The summed E-state index contributed by atoms with van der Waals surface area (Å²) >= 11 is 0. The van der Waals surface area contributed by atoms with Gasteiger partial charge in [-0.05, 0) is 66.6 Å². The molecule has 4 aliphatic rings. The minimum atomic E-state index is -1.44. The van der Waals surface area contributed by atoms with Gasteiger partial charge in [-0.25, -0.2) is 13.2 Å². The van der Waals surface area contributed by atoms with E-state index in [4.69, 9.17) is 0 Å². The first-order valence-electron chi connectivity index (χ1n) is 14.2. The molecule has 1 aromatic heterocycles. The van der Waals surface area contributed by atoms with E-state index >= 15 is 4.39 Å². The number of benzene rings is 3. The lowest BCUT2D eigenvalue weighted by Gasteiger charge is -2.48. The van der Waals surface area contributed by atoms with Gasteiger partial charge < -0.3 is 9.80 Å². The van der Waals surface area contributed by atoms with Crippen LogP contribution in [0.4, 0.5) is 13.2 Å². The van der Waals surface area contributed by atoms with Crippen molar-refractivity contribution in [1.82, 2.24) is 9.80 Å². The Morgan fingerprint density at radius 1 is 0.902 bits per heavy atom. The van der Waals surface area contributed by atoms with E-state index in [-0.39, 0.29) is 23.7 Å². The average Bonchev–Trinajstić information content (AvgIpc) is 3.43. The SMILES string of the molecule is C=C1C2C(CCc3cc(F)c(F)c(F)c3-c3cc(C)c(-c4ccccc4)c[n+]31)c1cccc3c1C1N(C=CN21)CC3. The van der Waals surface area contributed by atoms with Crippen LogP contribution in [0.5, 0.6) is 0 Å². The maximum absolute atomic E-state index is 15.8. The number of aryl methyl sites for hydroxylation is 2. The summed E-state index contributed by atoms with van der Waals surface area (Å²) in [6.07, 6.45) is 8.44. The fraction of sp³-hybridized carbons (Fsp3) is 0.229. The number of hydrogen-bond donors (Lipinski definition) is 0. The molecule has 3 atom stereocenters. The summed E-state index contributed by atoms with van der Waals surface area (Å²) in [7, 11) is 0. The molecule has 0 aliphatic carbocycles. The lowest BCUT2D eigenvalue weighted by atomic mass is 9.75. The molecular formula is C35H29F3N3+. The van der Waals surface area contributed by atoms with Gasteiger partial charge in [0.05, 0.1) is 5.56 Å². The Labute approximate surface area is 237 Å². The molecule has 4 aliphatic heterocycles. The highest BCUT2D eigenvalue weighted by atomic mass is 19.2. The standard InChI is InChI=1S/C35H29F3N3/c1-20-17-29-31-24(18-28(36)32(37)33(31)38)11-12-26-25-10-6-9-23-13-14-39-15-16-40(35(39)30(23)25)34(26)21(2)41(29)19-27(20)22-7-4-3-5-8-22/h3-10,15-19,26,34-35H,2,11-14H2,1H3/q+1. The van der Waals surface area contributed by atoms with E-state index in [0.717, 1.165) is 35.4 Å². The number of rotatable bonds is 1. The minimum Gasteiger partial charge on any atom is -0.352 e. The summed E-state index contributed by atoms with van der Waals surface area (Å²) in [6, 6.07) is 19.5. The van der Waals surface area contributed by atoms with Crippen LogP contribution in [0.3, 0.4) is 0 Å². The quantitative estimate of drug-likeness (QED) is 0.183. The molecule has 0 N–H and O–H groups in total. The molecular weight excluding hydrogens is 519 g/mol. The van der Waals surface area contributed by atoms with Crippen LogP contribution < -0.4 is 4.57 Å². The topological polar surface area (TPSA) is 10.4 Å². The monoisotopic (exact) mass is 548 g/mol. The molecule has 3 aromatic carbocycles. The van der Waals surface area contributed by atoms with Crippen molar-refractivity contribution in [3.05, 3.63) is 131 Å². The second-order valence-electron chi connectivity index (χ2n) is 11.6. The van der Waals surface area contributed by atoms with Crippen molar-refractivity contribution in [3.63, 3.8) is 0 Å². The largest absolute Gasteiger partial charge is 0.352 e. The van der Waals surface area contributed by atoms with Gasteiger partial charge in [-0.1, -0.05) is 48.5 Å². The van der Waals surface area contributed by atoms with Crippen molar-refractivity contribution in [2.45, 2.75) is 44.3 Å². The minimum absolute atomic E-state index is 0.0281. The Balaban J connectivity index is 1.42. The summed E-state index contributed by atoms with van der Waals surface area (Å²) in [5, 5.41) is 0. The average molecular weight is 549 g/mol. The fourth-order valence-corrected chi connectivity index (χ4v) is 7.66. The summed E-state index contributed by atoms with van der Waals surface area (Å²) in [6.45, 7) is 7.58. The van der Waals surface area contributed by atoms with Gasteiger partial charge in [0.2, 0.25) is 11.4 Å². The van der Waals surface area contributed by atoms with Gasteiger partial charge in [-0.15, -0.1) is 0 Å². The molecule has 41 heavy (non-hydrogen) atoms. The van der Waals surface area contributed by atoms with Crippen LogP contribution in [0.2, 0.25) is 0 Å². The van der Waals surface area contributed by atoms with Gasteiger partial charge >= 0.3 is 0 Å². The van der Waals surface area contributed by atoms with Crippen molar-refractivity contribution in [3.8, 4) is 22.4 Å². The van der Waals surface area contributed by atoms with Gasteiger partial charge in [0.15, 0.2) is 23.6 Å². The van der Waals surface area contributed by atoms with E-state index in [1.165, 1.54) is 22.8 Å². The molecule has 0 saturated carbocycles. The number of halogens is 3. The normalized spacial score (nSPS) is 21.9. The van der Waals surface area contributed by atoms with Gasteiger partial charge in [0.25, 0.3) is 0 Å². The van der Waals surface area contributed by atoms with E-state index in [2.05, 4.69) is 47.0 Å². The maximum atomic E-state index is 15.8. The molecule has 3 unspecified atom stereocenters. The Hall–Kier alpha value is -4.32. The van der Waals surface area contributed by atoms with Crippen LogP contribution >= 0.6 is 0 Å². The van der Waals surface area contributed by atoms with Crippen molar-refractivity contribution in [2.75, 3.05) is 6.54 Å². The fourth-order valence-electron chi connectivity index (χ4n) is 7.66. The number of fused-ring (bicyclic) bond motifs is 6. The third-order valence-electron chi connectivity index (χ3n) is 9.51. The van der Waals surface area contributed by atoms with Crippen molar-refractivity contribution in [2.24, 2.45) is 0 Å². The Kier molecular flexibility index (Phi) is 5.28. The highest BCUT2D eigenvalue weighted by molar-refractivity contribution is 5.71. The Bertz CT molecular complexity index is 1790. The molecule has 0 spiro atoms. The first kappa shape index (κ1) is 24.5. The van der Waals surface area contributed by atoms with Gasteiger partial charge in [0.1, 0.15) is 12.2 Å². The highest BCUT2D eigenvalue weighted by Gasteiger charge is 2.50. The van der Waals surface area contributed by atoms with E-state index in [1.807, 2.05) is 54.1 Å². The number of aromatic nitrogens is 1. The van der Waals surface area contributed by atoms with Crippen LogP contribution in [0.15, 0.2) is 85.8 Å². The first-order valence-corrected chi connectivity index (χ1v) is 14.2. The molecule has 0 radical (unpaired) electrons. The van der Waals surface area contributed by atoms with Crippen molar-refractivity contribution in [1.29, 1.82) is 0 Å². The third kappa shape index (κ3) is 3.43. The Morgan fingerprint density at radius 3 is 2.56 bits per heavy atom. The summed E-state index contributed by atoms with van der Waals surface area (Å²) in [4.78, 5) is 4.78. The van der Waals surface area contributed by atoms with E-state index in [9.17, 15) is 8.78 Å². The molecule has 4 aromatic rings. The zero-order valence-electron chi connectivity index (χ0n) is 22.7. The van der Waals surface area contributed by atoms with E-state index in [1.54, 1.807) is 0 Å². The molecule has 8 rings (SSSR count). The Morgan fingerprint density at radius 2 is 1.73 bits per heavy atom. The van der Waals surface area contributed by atoms with Crippen molar-refractivity contribution >= 4 is 5.70 Å². The van der Waals surface area contributed by atoms with Gasteiger partial charge in [0, 0.05) is 42.1 Å². The maximum Gasteiger partial charge on any atom is 0.221 e. The summed E-state index contributed by atoms with van der Waals surface area (Å²) in [5.74, 6) is -3.72. The van der Waals surface area contributed by atoms with Crippen LogP contribution in [-0.2, 0) is 12.8 Å². The van der Waals surface area contributed by atoms with E-state index in [0.29, 0.717) is 24.1 Å². The smallest absolute Gasteiger partial charge is 0.221 e. The van der Waals surface area contributed by atoms with Crippen LogP contribution in [-0.4, -0.2) is 22.4 Å². The zero-order valence-corrected chi connectivity index (χ0v) is 22.7. The molecule has 0 bridgehead atoms. The molecule has 0 fully saturated rings. The van der Waals surface area contributed by atoms with Gasteiger partial charge in [-0.2, -0.15) is 4.57 Å². The third-order valence-corrected chi connectivity index (χ3v) is 9.51. The van der Waals surface area contributed by atoms with E-state index < -0.39 is 17.5 Å². The molecule has 3 nitrogen and oxygen atoms in total. The first-order chi connectivity index (χ1) is 19.9. The van der Waals surface area contributed by atoms with Crippen LogP contribution in [0.1, 0.15) is 46.3 Å². The van der Waals surface area contributed by atoms with Gasteiger partial charge in [-0.3, -0.25) is 0 Å².